The van der Waals surface area contributed by atoms with Crippen molar-refractivity contribution in [1.82, 2.24) is 4.90 Å². The molecule has 2 aliphatic rings. The normalized spacial score (nSPS) is 32.5. The van der Waals surface area contributed by atoms with E-state index in [-0.39, 0.29) is 23.4 Å². The third-order valence-corrected chi connectivity index (χ3v) is 5.36. The number of nitrogens with zero attached hydrogens (tertiary/aromatic N) is 2. The number of aliphatic hydroxyl groups is 1. The lowest BCUT2D eigenvalue weighted by Gasteiger charge is -2.51. The number of likely N-dealkylation sites (tertiary alicyclic amines) is 1. The number of piperidine rings is 1. The summed E-state index contributed by atoms with van der Waals surface area (Å²) in [6, 6.07) is 3.97. The second-order valence-electron chi connectivity index (χ2n) is 6.63. The van der Waals surface area contributed by atoms with Crippen molar-refractivity contribution in [3.05, 3.63) is 33.9 Å². The van der Waals surface area contributed by atoms with Crippen molar-refractivity contribution < 1.29 is 15.1 Å². The molecule has 3 atom stereocenters. The van der Waals surface area contributed by atoms with E-state index >= 15 is 0 Å². The van der Waals surface area contributed by atoms with Crippen LogP contribution in [0.4, 0.5) is 5.69 Å². The first kappa shape index (κ1) is 15.2. The molecule has 0 unspecified atom stereocenters. The van der Waals surface area contributed by atoms with Gasteiger partial charge in [0, 0.05) is 36.2 Å². The van der Waals surface area contributed by atoms with Gasteiger partial charge in [0.2, 0.25) is 0 Å². The van der Waals surface area contributed by atoms with Crippen LogP contribution in [0.15, 0.2) is 18.2 Å². The van der Waals surface area contributed by atoms with Crippen molar-refractivity contribution in [3.8, 4) is 5.75 Å². The summed E-state index contributed by atoms with van der Waals surface area (Å²) in [4.78, 5) is 12.7. The molecule has 0 spiro atoms. The quantitative estimate of drug-likeness (QED) is 0.648. The second-order valence-corrected chi connectivity index (χ2v) is 6.63. The predicted octanol–water partition coefficient (Wildman–Crippen LogP) is 2.60. The van der Waals surface area contributed by atoms with E-state index in [0.29, 0.717) is 5.56 Å². The summed E-state index contributed by atoms with van der Waals surface area (Å²) in [5, 5.41) is 32.2. The Hall–Kier alpha value is -1.66. The van der Waals surface area contributed by atoms with E-state index in [0.717, 1.165) is 38.6 Å². The summed E-state index contributed by atoms with van der Waals surface area (Å²) in [6.45, 7) is 0.722. The fourth-order valence-corrected chi connectivity index (χ4v) is 4.17. The summed E-state index contributed by atoms with van der Waals surface area (Å²) >= 11 is 0. The molecule has 1 saturated heterocycles. The summed E-state index contributed by atoms with van der Waals surface area (Å²) in [6.07, 6.45) is 4.45. The Balaban J connectivity index is 2.04. The minimum absolute atomic E-state index is 0.00732. The van der Waals surface area contributed by atoms with Gasteiger partial charge in [0.1, 0.15) is 5.75 Å². The molecule has 6 nitrogen and oxygen atoms in total. The van der Waals surface area contributed by atoms with Crippen LogP contribution in [0.3, 0.4) is 0 Å². The van der Waals surface area contributed by atoms with Gasteiger partial charge in [-0.25, -0.2) is 0 Å². The van der Waals surface area contributed by atoms with Gasteiger partial charge in [-0.3, -0.25) is 15.0 Å². The van der Waals surface area contributed by atoms with Crippen LogP contribution in [0, 0.1) is 16.0 Å². The van der Waals surface area contributed by atoms with E-state index in [4.69, 9.17) is 0 Å². The lowest BCUT2D eigenvalue weighted by Crippen LogP contribution is -2.53. The Labute approximate surface area is 129 Å². The molecule has 120 valence electrons. The zero-order chi connectivity index (χ0) is 15.9. The van der Waals surface area contributed by atoms with E-state index in [2.05, 4.69) is 4.90 Å². The smallest absolute Gasteiger partial charge is 0.270 e. The molecule has 0 bridgehead atoms. The zero-order valence-corrected chi connectivity index (χ0v) is 12.7. The molecule has 0 amide bonds. The van der Waals surface area contributed by atoms with Crippen molar-refractivity contribution in [2.24, 2.45) is 5.92 Å². The van der Waals surface area contributed by atoms with Gasteiger partial charge in [-0.15, -0.1) is 0 Å². The van der Waals surface area contributed by atoms with Gasteiger partial charge in [0.05, 0.1) is 10.5 Å². The van der Waals surface area contributed by atoms with Crippen LogP contribution in [0.2, 0.25) is 0 Å². The number of hydrogen-bond acceptors (Lipinski definition) is 5. The molecule has 1 saturated carbocycles. The Kier molecular flexibility index (Phi) is 3.82. The highest BCUT2D eigenvalue weighted by atomic mass is 16.6. The molecule has 1 aliphatic carbocycles. The fourth-order valence-electron chi connectivity index (χ4n) is 4.17. The van der Waals surface area contributed by atoms with Crippen LogP contribution in [-0.4, -0.2) is 39.2 Å². The number of hydrogen-bond donors (Lipinski definition) is 2. The number of rotatable bonds is 2. The van der Waals surface area contributed by atoms with E-state index < -0.39 is 10.5 Å². The average molecular weight is 306 g/mol. The van der Waals surface area contributed by atoms with Gasteiger partial charge in [-0.05, 0) is 32.4 Å². The summed E-state index contributed by atoms with van der Waals surface area (Å²) < 4.78 is 0. The van der Waals surface area contributed by atoms with Gasteiger partial charge in [-0.2, -0.15) is 0 Å². The van der Waals surface area contributed by atoms with E-state index in [9.17, 15) is 20.3 Å². The highest BCUT2D eigenvalue weighted by Crippen LogP contribution is 2.50. The lowest BCUT2D eigenvalue weighted by atomic mass is 9.66. The minimum Gasteiger partial charge on any atom is -0.508 e. The molecule has 0 aromatic heterocycles. The first-order valence-corrected chi connectivity index (χ1v) is 7.82. The number of phenolic OH excluding ortho intramolecular Hbond substituents is 1. The maximum atomic E-state index is 11.0. The number of phenols is 1. The molecular weight excluding hydrogens is 284 g/mol. The van der Waals surface area contributed by atoms with Crippen molar-refractivity contribution in [2.75, 3.05) is 13.6 Å². The maximum absolute atomic E-state index is 11.0. The Bertz CT molecular complexity index is 592. The molecule has 22 heavy (non-hydrogen) atoms. The topological polar surface area (TPSA) is 86.8 Å². The molecule has 1 aliphatic heterocycles. The van der Waals surface area contributed by atoms with Crippen molar-refractivity contribution >= 4 is 5.69 Å². The SMILES string of the molecule is CN1CC[C@]2(O)CCCC[C@@H]2[C@H]1c1cc([N+](=O)[O-])ccc1O. The van der Waals surface area contributed by atoms with Crippen molar-refractivity contribution in [3.63, 3.8) is 0 Å². The molecule has 6 heteroatoms. The van der Waals surface area contributed by atoms with E-state index in [1.807, 2.05) is 7.05 Å². The Morgan fingerprint density at radius 3 is 2.86 bits per heavy atom. The van der Waals surface area contributed by atoms with Crippen LogP contribution >= 0.6 is 0 Å². The van der Waals surface area contributed by atoms with Gasteiger partial charge < -0.3 is 10.2 Å². The second kappa shape index (κ2) is 5.52. The molecule has 2 N–H and O–H groups in total. The minimum atomic E-state index is -0.716. The first-order chi connectivity index (χ1) is 10.4. The van der Waals surface area contributed by atoms with Crippen molar-refractivity contribution in [1.29, 1.82) is 0 Å². The van der Waals surface area contributed by atoms with Crippen LogP contribution < -0.4 is 0 Å². The molecule has 1 heterocycles. The number of aromatic hydroxyl groups is 1. The van der Waals surface area contributed by atoms with Crippen molar-refractivity contribution in [2.45, 2.75) is 43.7 Å². The molecule has 2 fully saturated rings. The van der Waals surface area contributed by atoms with E-state index in [1.165, 1.54) is 18.2 Å². The van der Waals surface area contributed by atoms with Gasteiger partial charge in [0.15, 0.2) is 0 Å². The molecule has 0 radical (unpaired) electrons. The molecule has 1 aromatic rings. The molecular formula is C16H22N2O4. The largest absolute Gasteiger partial charge is 0.508 e. The molecule has 3 rings (SSSR count). The monoisotopic (exact) mass is 306 g/mol. The Morgan fingerprint density at radius 2 is 2.14 bits per heavy atom. The van der Waals surface area contributed by atoms with Crippen LogP contribution in [0.5, 0.6) is 5.75 Å². The van der Waals surface area contributed by atoms with Gasteiger partial charge in [0.25, 0.3) is 5.69 Å². The Morgan fingerprint density at radius 1 is 1.36 bits per heavy atom. The number of non-ortho nitro benzene ring substituents is 1. The lowest BCUT2D eigenvalue weighted by molar-refractivity contribution is -0.385. The summed E-state index contributed by atoms with van der Waals surface area (Å²) in [5.74, 6) is 0.0742. The fraction of sp³-hybridized carbons (Fsp3) is 0.625. The van der Waals surface area contributed by atoms with Crippen LogP contribution in [0.1, 0.15) is 43.7 Å². The third kappa shape index (κ3) is 2.46. The van der Waals surface area contributed by atoms with Gasteiger partial charge >= 0.3 is 0 Å². The predicted molar refractivity (Wildman–Crippen MR) is 81.7 cm³/mol. The van der Waals surface area contributed by atoms with Crippen LogP contribution in [-0.2, 0) is 0 Å². The highest BCUT2D eigenvalue weighted by Gasteiger charge is 2.48. The summed E-state index contributed by atoms with van der Waals surface area (Å²) in [5.41, 5.74) is -0.181. The third-order valence-electron chi connectivity index (χ3n) is 5.36. The standard InChI is InChI=1S/C16H22N2O4/c1-17-9-8-16(20)7-3-2-4-13(16)15(17)12-10-11(18(21)22)5-6-14(12)19/h5-6,10,13,15,19-20H,2-4,7-9H2,1H3/t13-,15-,16-/m1/s1. The number of nitro groups is 1. The number of benzene rings is 1. The zero-order valence-electron chi connectivity index (χ0n) is 12.7. The maximum Gasteiger partial charge on any atom is 0.270 e. The van der Waals surface area contributed by atoms with Gasteiger partial charge in [-0.1, -0.05) is 12.8 Å². The van der Waals surface area contributed by atoms with E-state index in [1.54, 1.807) is 0 Å². The first-order valence-electron chi connectivity index (χ1n) is 7.82. The van der Waals surface area contributed by atoms with Crippen LogP contribution in [0.25, 0.3) is 0 Å². The number of fused-ring (bicyclic) bond motifs is 1. The molecule has 1 aromatic carbocycles. The highest BCUT2D eigenvalue weighted by molar-refractivity contribution is 5.45. The average Bonchev–Trinajstić information content (AvgIpc) is 2.48. The number of nitro benzene ring substituents is 1. The summed E-state index contributed by atoms with van der Waals surface area (Å²) in [7, 11) is 1.96.